The highest BCUT2D eigenvalue weighted by Gasteiger charge is 2.17. The molecule has 0 fully saturated rings. The summed E-state index contributed by atoms with van der Waals surface area (Å²) in [5.41, 5.74) is 0.347. The molecule has 0 aliphatic carbocycles. The Morgan fingerprint density at radius 3 is 2.81 bits per heavy atom. The summed E-state index contributed by atoms with van der Waals surface area (Å²) in [6.45, 7) is 1.72. The molecule has 0 bridgehead atoms. The second kappa shape index (κ2) is 5.99. The maximum absolute atomic E-state index is 12.0. The molecule has 0 aliphatic heterocycles. The van der Waals surface area contributed by atoms with Crippen LogP contribution in [0.4, 0.5) is 11.4 Å². The van der Waals surface area contributed by atoms with Crippen LogP contribution in [-0.4, -0.2) is 28.0 Å². The van der Waals surface area contributed by atoms with E-state index >= 15 is 0 Å². The molecule has 1 aromatic carbocycles. The highest BCUT2D eigenvalue weighted by atomic mass is 16.6. The van der Waals surface area contributed by atoms with E-state index in [4.69, 9.17) is 4.52 Å². The van der Waals surface area contributed by atoms with Gasteiger partial charge in [0.05, 0.1) is 11.5 Å². The van der Waals surface area contributed by atoms with Crippen molar-refractivity contribution in [2.75, 3.05) is 12.4 Å². The van der Waals surface area contributed by atoms with Gasteiger partial charge in [0.15, 0.2) is 5.82 Å². The molecule has 0 atom stereocenters. The molecule has 2 rings (SSSR count). The van der Waals surface area contributed by atoms with Gasteiger partial charge in [0.2, 0.25) is 5.89 Å². The number of aryl methyl sites for hydroxylation is 1. The average Bonchev–Trinajstić information content (AvgIpc) is 2.89. The third kappa shape index (κ3) is 3.32. The van der Waals surface area contributed by atoms with E-state index in [9.17, 15) is 14.9 Å². The van der Waals surface area contributed by atoms with Gasteiger partial charge in [-0.1, -0.05) is 5.16 Å². The fourth-order valence-corrected chi connectivity index (χ4v) is 1.71. The van der Waals surface area contributed by atoms with Gasteiger partial charge in [-0.25, -0.2) is 0 Å². The summed E-state index contributed by atoms with van der Waals surface area (Å²) in [5.74, 6) is 0.270. The van der Waals surface area contributed by atoms with Crippen molar-refractivity contribution < 1.29 is 14.2 Å². The van der Waals surface area contributed by atoms with Gasteiger partial charge >= 0.3 is 0 Å². The zero-order valence-corrected chi connectivity index (χ0v) is 11.4. The first-order valence-corrected chi connectivity index (χ1v) is 6.05. The number of carbonyl (C=O) groups is 1. The zero-order chi connectivity index (χ0) is 15.4. The standard InChI is InChI=1S/C12H13N5O4/c1-7-15-11(21-16-7)6-14-12(18)8-3-4-9(13-2)10(5-8)17(19)20/h3-5,13H,6H2,1-2H3,(H,14,18). The van der Waals surface area contributed by atoms with Crippen LogP contribution in [0.15, 0.2) is 22.7 Å². The summed E-state index contributed by atoms with van der Waals surface area (Å²) in [6.07, 6.45) is 0. The molecule has 0 radical (unpaired) electrons. The van der Waals surface area contributed by atoms with Gasteiger partial charge in [-0.05, 0) is 19.1 Å². The molecule has 110 valence electrons. The lowest BCUT2D eigenvalue weighted by atomic mass is 10.1. The number of rotatable bonds is 5. The number of anilines is 1. The summed E-state index contributed by atoms with van der Waals surface area (Å²) in [7, 11) is 1.57. The number of nitrogens with one attached hydrogen (secondary N) is 2. The number of hydrogen-bond donors (Lipinski definition) is 2. The van der Waals surface area contributed by atoms with E-state index in [1.165, 1.54) is 18.2 Å². The summed E-state index contributed by atoms with van der Waals surface area (Å²) >= 11 is 0. The minimum absolute atomic E-state index is 0.0568. The Labute approximate surface area is 119 Å². The fraction of sp³-hybridized carbons (Fsp3) is 0.250. The molecule has 0 unspecified atom stereocenters. The van der Waals surface area contributed by atoms with Crippen LogP contribution in [0.5, 0.6) is 0 Å². The molecular weight excluding hydrogens is 278 g/mol. The van der Waals surface area contributed by atoms with Gasteiger partial charge in [-0.2, -0.15) is 4.98 Å². The summed E-state index contributed by atoms with van der Waals surface area (Å²) in [5, 5.41) is 19.8. The van der Waals surface area contributed by atoms with Gasteiger partial charge in [0, 0.05) is 18.7 Å². The van der Waals surface area contributed by atoms with Crippen LogP contribution in [0, 0.1) is 17.0 Å². The molecule has 1 amide bonds. The molecule has 9 heteroatoms. The van der Waals surface area contributed by atoms with Crippen molar-refractivity contribution >= 4 is 17.3 Å². The minimum atomic E-state index is -0.552. The number of nitro groups is 1. The Kier molecular flexibility index (Phi) is 4.12. The molecule has 0 saturated carbocycles. The molecule has 9 nitrogen and oxygen atoms in total. The third-order valence-electron chi connectivity index (χ3n) is 2.70. The summed E-state index contributed by atoms with van der Waals surface area (Å²) in [6, 6.07) is 4.18. The van der Waals surface area contributed by atoms with Crippen molar-refractivity contribution in [3.8, 4) is 0 Å². The summed E-state index contributed by atoms with van der Waals surface area (Å²) < 4.78 is 4.85. The van der Waals surface area contributed by atoms with E-state index in [0.717, 1.165) is 0 Å². The van der Waals surface area contributed by atoms with E-state index in [1.54, 1.807) is 14.0 Å². The third-order valence-corrected chi connectivity index (χ3v) is 2.70. The lowest BCUT2D eigenvalue weighted by Gasteiger charge is -2.05. The van der Waals surface area contributed by atoms with Crippen molar-refractivity contribution in [2.45, 2.75) is 13.5 Å². The van der Waals surface area contributed by atoms with Gasteiger partial charge in [-0.15, -0.1) is 0 Å². The van der Waals surface area contributed by atoms with Crippen molar-refractivity contribution in [3.05, 3.63) is 45.6 Å². The van der Waals surface area contributed by atoms with E-state index in [-0.39, 0.29) is 23.7 Å². The van der Waals surface area contributed by atoms with E-state index in [0.29, 0.717) is 11.5 Å². The lowest BCUT2D eigenvalue weighted by molar-refractivity contribution is -0.384. The van der Waals surface area contributed by atoms with Crippen LogP contribution < -0.4 is 10.6 Å². The highest BCUT2D eigenvalue weighted by Crippen LogP contribution is 2.24. The van der Waals surface area contributed by atoms with E-state index in [2.05, 4.69) is 20.8 Å². The predicted octanol–water partition coefficient (Wildman–Crippen LogP) is 1.26. The largest absolute Gasteiger partial charge is 0.383 e. The first-order chi connectivity index (χ1) is 10.0. The lowest BCUT2D eigenvalue weighted by Crippen LogP contribution is -2.23. The van der Waals surface area contributed by atoms with Gasteiger partial charge in [0.1, 0.15) is 5.69 Å². The smallest absolute Gasteiger partial charge is 0.293 e. The second-order valence-corrected chi connectivity index (χ2v) is 4.16. The molecular formula is C12H13N5O4. The topological polar surface area (TPSA) is 123 Å². The van der Waals surface area contributed by atoms with Crippen LogP contribution in [-0.2, 0) is 6.54 Å². The number of benzene rings is 1. The molecule has 21 heavy (non-hydrogen) atoms. The first-order valence-electron chi connectivity index (χ1n) is 6.05. The second-order valence-electron chi connectivity index (χ2n) is 4.16. The predicted molar refractivity (Wildman–Crippen MR) is 72.8 cm³/mol. The molecule has 1 aromatic heterocycles. The Morgan fingerprint density at radius 1 is 1.48 bits per heavy atom. The molecule has 0 aliphatic rings. The number of hydrogen-bond acceptors (Lipinski definition) is 7. The average molecular weight is 291 g/mol. The summed E-state index contributed by atoms with van der Waals surface area (Å²) in [4.78, 5) is 26.3. The van der Waals surface area contributed by atoms with Gasteiger partial charge in [0.25, 0.3) is 11.6 Å². The Balaban J connectivity index is 2.12. The number of nitro benzene ring substituents is 1. The van der Waals surface area contributed by atoms with Gasteiger partial charge in [-0.3, -0.25) is 14.9 Å². The minimum Gasteiger partial charge on any atom is -0.383 e. The molecule has 2 aromatic rings. The van der Waals surface area contributed by atoms with E-state index in [1.807, 2.05) is 0 Å². The van der Waals surface area contributed by atoms with Crippen molar-refractivity contribution in [1.29, 1.82) is 0 Å². The zero-order valence-electron chi connectivity index (χ0n) is 11.4. The number of nitrogens with zero attached hydrogens (tertiary/aromatic N) is 3. The monoisotopic (exact) mass is 291 g/mol. The van der Waals surface area contributed by atoms with Crippen molar-refractivity contribution in [3.63, 3.8) is 0 Å². The molecule has 1 heterocycles. The first kappa shape index (κ1) is 14.4. The van der Waals surface area contributed by atoms with Crippen LogP contribution in [0.3, 0.4) is 0 Å². The van der Waals surface area contributed by atoms with E-state index < -0.39 is 10.8 Å². The van der Waals surface area contributed by atoms with Crippen LogP contribution in [0.25, 0.3) is 0 Å². The maximum atomic E-state index is 12.0. The molecule has 0 saturated heterocycles. The Morgan fingerprint density at radius 2 is 2.24 bits per heavy atom. The van der Waals surface area contributed by atoms with Crippen LogP contribution in [0.1, 0.15) is 22.1 Å². The van der Waals surface area contributed by atoms with Crippen molar-refractivity contribution in [2.24, 2.45) is 0 Å². The fourth-order valence-electron chi connectivity index (χ4n) is 1.71. The van der Waals surface area contributed by atoms with Crippen LogP contribution in [0.2, 0.25) is 0 Å². The Bertz CT molecular complexity index is 682. The number of carbonyl (C=O) groups excluding carboxylic acids is 1. The normalized spacial score (nSPS) is 10.2. The molecule has 0 spiro atoms. The SMILES string of the molecule is CNc1ccc(C(=O)NCc2nc(C)no2)cc1[N+](=O)[O-]. The Hall–Kier alpha value is -2.97. The number of amides is 1. The highest BCUT2D eigenvalue weighted by molar-refractivity contribution is 5.95. The number of aromatic nitrogens is 2. The maximum Gasteiger partial charge on any atom is 0.293 e. The molecule has 2 N–H and O–H groups in total. The van der Waals surface area contributed by atoms with Crippen molar-refractivity contribution in [1.82, 2.24) is 15.5 Å². The van der Waals surface area contributed by atoms with Crippen LogP contribution >= 0.6 is 0 Å². The quantitative estimate of drug-likeness (QED) is 0.627. The van der Waals surface area contributed by atoms with Gasteiger partial charge < -0.3 is 15.2 Å².